The Bertz CT molecular complexity index is 284. The van der Waals surface area contributed by atoms with Gasteiger partial charge in [-0.05, 0) is 31.3 Å². The molecule has 3 nitrogen and oxygen atoms in total. The van der Waals surface area contributed by atoms with Gasteiger partial charge in [0.2, 0.25) is 5.91 Å². The van der Waals surface area contributed by atoms with Crippen molar-refractivity contribution in [3.05, 3.63) is 12.2 Å². The van der Waals surface area contributed by atoms with Crippen molar-refractivity contribution in [3.8, 4) is 0 Å². The van der Waals surface area contributed by atoms with Crippen LogP contribution in [0, 0.1) is 5.92 Å². The molecule has 1 saturated heterocycles. The van der Waals surface area contributed by atoms with E-state index < -0.39 is 0 Å². The standard InChI is InChI=1S/C13H22N2O/c1-10(8-14-12-5-6-12)9-15-7-3-4-11(2)13(15)16/h11-12,14H,1,3-9H2,2H3. The van der Waals surface area contributed by atoms with E-state index in [4.69, 9.17) is 0 Å². The molecule has 1 aliphatic carbocycles. The van der Waals surface area contributed by atoms with E-state index in [1.54, 1.807) is 0 Å². The summed E-state index contributed by atoms with van der Waals surface area (Å²) in [7, 11) is 0. The molecule has 2 rings (SSSR count). The Balaban J connectivity index is 1.73. The van der Waals surface area contributed by atoms with E-state index >= 15 is 0 Å². The molecule has 0 radical (unpaired) electrons. The van der Waals surface area contributed by atoms with Crippen LogP contribution in [0.4, 0.5) is 0 Å². The van der Waals surface area contributed by atoms with Gasteiger partial charge in [0.05, 0.1) is 0 Å². The molecule has 1 aliphatic heterocycles. The van der Waals surface area contributed by atoms with Crippen molar-refractivity contribution in [2.75, 3.05) is 19.6 Å². The van der Waals surface area contributed by atoms with Crippen LogP contribution in [-0.2, 0) is 4.79 Å². The Morgan fingerprint density at radius 1 is 1.50 bits per heavy atom. The number of hydrogen-bond donors (Lipinski definition) is 1. The topological polar surface area (TPSA) is 32.3 Å². The summed E-state index contributed by atoms with van der Waals surface area (Å²) >= 11 is 0. The Hall–Kier alpha value is -0.830. The van der Waals surface area contributed by atoms with E-state index in [2.05, 4.69) is 11.9 Å². The van der Waals surface area contributed by atoms with Crippen molar-refractivity contribution in [3.63, 3.8) is 0 Å². The lowest BCUT2D eigenvalue weighted by molar-refractivity contribution is -0.137. The molecule has 0 aromatic heterocycles. The highest BCUT2D eigenvalue weighted by Gasteiger charge is 2.25. The van der Waals surface area contributed by atoms with E-state index in [0.29, 0.717) is 11.9 Å². The molecular formula is C13H22N2O. The van der Waals surface area contributed by atoms with Crippen LogP contribution in [0.1, 0.15) is 32.6 Å². The summed E-state index contributed by atoms with van der Waals surface area (Å²) in [6, 6.07) is 0.715. The second kappa shape index (κ2) is 5.00. The third-order valence-electron chi connectivity index (χ3n) is 3.43. The van der Waals surface area contributed by atoms with Gasteiger partial charge < -0.3 is 10.2 Å². The molecule has 1 unspecified atom stereocenters. The largest absolute Gasteiger partial charge is 0.338 e. The van der Waals surface area contributed by atoms with Gasteiger partial charge in [0.1, 0.15) is 0 Å². The first-order chi connectivity index (χ1) is 7.66. The first-order valence-electron chi connectivity index (χ1n) is 6.35. The van der Waals surface area contributed by atoms with Gasteiger partial charge in [-0.25, -0.2) is 0 Å². The number of nitrogens with one attached hydrogen (secondary N) is 1. The number of amides is 1. The number of nitrogens with zero attached hydrogens (tertiary/aromatic N) is 1. The average Bonchev–Trinajstić information content (AvgIpc) is 3.06. The van der Waals surface area contributed by atoms with Crippen molar-refractivity contribution >= 4 is 5.91 Å². The number of rotatable bonds is 5. The maximum atomic E-state index is 11.9. The number of hydrogen-bond acceptors (Lipinski definition) is 2. The summed E-state index contributed by atoms with van der Waals surface area (Å²) < 4.78 is 0. The Labute approximate surface area is 97.9 Å². The molecule has 1 saturated carbocycles. The molecule has 0 bridgehead atoms. The summed E-state index contributed by atoms with van der Waals surface area (Å²) in [6.07, 6.45) is 4.78. The van der Waals surface area contributed by atoms with E-state index in [1.807, 2.05) is 11.8 Å². The number of likely N-dealkylation sites (tertiary alicyclic amines) is 1. The van der Waals surface area contributed by atoms with Crippen LogP contribution in [0.25, 0.3) is 0 Å². The van der Waals surface area contributed by atoms with Gasteiger partial charge in [-0.15, -0.1) is 0 Å². The molecule has 1 amide bonds. The van der Waals surface area contributed by atoms with Crippen molar-refractivity contribution in [2.24, 2.45) is 5.92 Å². The van der Waals surface area contributed by atoms with Crippen LogP contribution < -0.4 is 5.32 Å². The number of carbonyl (C=O) groups is 1. The van der Waals surface area contributed by atoms with E-state index in [1.165, 1.54) is 12.8 Å². The highest BCUT2D eigenvalue weighted by atomic mass is 16.2. The molecule has 1 atom stereocenters. The van der Waals surface area contributed by atoms with E-state index in [-0.39, 0.29) is 5.92 Å². The summed E-state index contributed by atoms with van der Waals surface area (Å²) in [5, 5.41) is 3.43. The maximum absolute atomic E-state index is 11.9. The lowest BCUT2D eigenvalue weighted by Gasteiger charge is -2.31. The molecule has 16 heavy (non-hydrogen) atoms. The molecule has 1 heterocycles. The molecular weight excluding hydrogens is 200 g/mol. The molecule has 0 aromatic carbocycles. The van der Waals surface area contributed by atoms with Crippen LogP contribution in [0.5, 0.6) is 0 Å². The fraction of sp³-hybridized carbons (Fsp3) is 0.769. The lowest BCUT2D eigenvalue weighted by atomic mass is 9.99. The van der Waals surface area contributed by atoms with Crippen LogP contribution in [0.15, 0.2) is 12.2 Å². The molecule has 2 fully saturated rings. The van der Waals surface area contributed by atoms with E-state index in [9.17, 15) is 4.79 Å². The van der Waals surface area contributed by atoms with Crippen LogP contribution in [0.3, 0.4) is 0 Å². The molecule has 3 heteroatoms. The summed E-state index contributed by atoms with van der Waals surface area (Å²) in [5.41, 5.74) is 1.13. The van der Waals surface area contributed by atoms with Gasteiger partial charge in [-0.3, -0.25) is 4.79 Å². The average molecular weight is 222 g/mol. The second-order valence-electron chi connectivity index (χ2n) is 5.21. The van der Waals surface area contributed by atoms with Crippen molar-refractivity contribution in [2.45, 2.75) is 38.6 Å². The van der Waals surface area contributed by atoms with Gasteiger partial charge in [0, 0.05) is 31.6 Å². The smallest absolute Gasteiger partial charge is 0.225 e. The van der Waals surface area contributed by atoms with Gasteiger partial charge >= 0.3 is 0 Å². The van der Waals surface area contributed by atoms with Crippen molar-refractivity contribution in [1.82, 2.24) is 10.2 Å². The molecule has 0 spiro atoms. The summed E-state index contributed by atoms with van der Waals surface area (Å²) in [5.74, 6) is 0.511. The third-order valence-corrected chi connectivity index (χ3v) is 3.43. The molecule has 0 aromatic rings. The number of carbonyl (C=O) groups excluding carboxylic acids is 1. The predicted molar refractivity (Wildman–Crippen MR) is 65.1 cm³/mol. The second-order valence-corrected chi connectivity index (χ2v) is 5.21. The van der Waals surface area contributed by atoms with Gasteiger partial charge in [0.25, 0.3) is 0 Å². The normalized spacial score (nSPS) is 25.9. The minimum absolute atomic E-state index is 0.206. The summed E-state index contributed by atoms with van der Waals surface area (Å²) in [4.78, 5) is 13.8. The fourth-order valence-corrected chi connectivity index (χ4v) is 2.19. The first-order valence-corrected chi connectivity index (χ1v) is 6.35. The Kier molecular flexibility index (Phi) is 3.64. The van der Waals surface area contributed by atoms with Crippen LogP contribution in [-0.4, -0.2) is 36.5 Å². The Morgan fingerprint density at radius 3 is 2.94 bits per heavy atom. The lowest BCUT2D eigenvalue weighted by Crippen LogP contribution is -2.42. The Morgan fingerprint density at radius 2 is 2.25 bits per heavy atom. The first kappa shape index (κ1) is 11.6. The van der Waals surface area contributed by atoms with Crippen molar-refractivity contribution in [1.29, 1.82) is 0 Å². The predicted octanol–water partition coefficient (Wildman–Crippen LogP) is 1.55. The van der Waals surface area contributed by atoms with Crippen LogP contribution in [0.2, 0.25) is 0 Å². The molecule has 90 valence electrons. The third kappa shape index (κ3) is 3.08. The monoisotopic (exact) mass is 222 g/mol. The van der Waals surface area contributed by atoms with Gasteiger partial charge in [-0.1, -0.05) is 13.5 Å². The highest BCUT2D eigenvalue weighted by molar-refractivity contribution is 5.79. The minimum Gasteiger partial charge on any atom is -0.338 e. The zero-order valence-electron chi connectivity index (χ0n) is 10.2. The van der Waals surface area contributed by atoms with Gasteiger partial charge in [0.15, 0.2) is 0 Å². The number of piperidine rings is 1. The molecule has 2 aliphatic rings. The zero-order chi connectivity index (χ0) is 11.5. The van der Waals surface area contributed by atoms with Gasteiger partial charge in [-0.2, -0.15) is 0 Å². The SMILES string of the molecule is C=C(CNC1CC1)CN1CCCC(C)C1=O. The molecule has 1 N–H and O–H groups in total. The highest BCUT2D eigenvalue weighted by Crippen LogP contribution is 2.20. The maximum Gasteiger partial charge on any atom is 0.225 e. The fourth-order valence-electron chi connectivity index (χ4n) is 2.19. The van der Waals surface area contributed by atoms with Crippen LogP contribution >= 0.6 is 0 Å². The quantitative estimate of drug-likeness (QED) is 0.716. The van der Waals surface area contributed by atoms with Crippen molar-refractivity contribution < 1.29 is 4.79 Å². The zero-order valence-corrected chi connectivity index (χ0v) is 10.2. The minimum atomic E-state index is 0.206. The summed E-state index contributed by atoms with van der Waals surface area (Å²) in [6.45, 7) is 8.59. The van der Waals surface area contributed by atoms with E-state index in [0.717, 1.165) is 38.0 Å².